The van der Waals surface area contributed by atoms with Crippen LogP contribution in [0.4, 0.5) is 0 Å². The van der Waals surface area contributed by atoms with Crippen LogP contribution in [0.5, 0.6) is 0 Å². The molecule has 92 valence electrons. The SMILES string of the molecule is CC(Cc1ccsc1)NS(=O)(=O)C(C)CN. The maximum Gasteiger partial charge on any atom is 0.215 e. The third-order valence-electron chi connectivity index (χ3n) is 2.35. The standard InChI is InChI=1S/C10H18N2O2S2/c1-8(5-10-3-4-15-7-10)12-16(13,14)9(2)6-11/h3-4,7-9,12H,5-6,11H2,1-2H3. The topological polar surface area (TPSA) is 72.2 Å². The fourth-order valence-corrected chi connectivity index (χ4v) is 3.14. The van der Waals surface area contributed by atoms with Crippen molar-refractivity contribution >= 4 is 21.4 Å². The lowest BCUT2D eigenvalue weighted by Gasteiger charge is -2.17. The van der Waals surface area contributed by atoms with Crippen molar-refractivity contribution in [2.75, 3.05) is 6.54 Å². The molecule has 0 saturated heterocycles. The molecule has 0 amide bonds. The van der Waals surface area contributed by atoms with Gasteiger partial charge in [0.05, 0.1) is 5.25 Å². The molecule has 2 unspecified atom stereocenters. The quantitative estimate of drug-likeness (QED) is 0.801. The molecular weight excluding hydrogens is 244 g/mol. The van der Waals surface area contributed by atoms with Gasteiger partial charge in [0, 0.05) is 12.6 Å². The largest absolute Gasteiger partial charge is 0.329 e. The van der Waals surface area contributed by atoms with Crippen molar-refractivity contribution in [2.45, 2.75) is 31.6 Å². The van der Waals surface area contributed by atoms with E-state index in [0.717, 1.165) is 5.56 Å². The third-order valence-corrected chi connectivity index (χ3v) is 5.06. The van der Waals surface area contributed by atoms with Crippen LogP contribution in [-0.2, 0) is 16.4 Å². The van der Waals surface area contributed by atoms with Crippen LogP contribution in [0.2, 0.25) is 0 Å². The Morgan fingerprint density at radius 2 is 2.19 bits per heavy atom. The highest BCUT2D eigenvalue weighted by molar-refractivity contribution is 7.90. The molecule has 2 atom stereocenters. The van der Waals surface area contributed by atoms with Gasteiger partial charge in [-0.2, -0.15) is 11.3 Å². The molecule has 3 N–H and O–H groups in total. The minimum atomic E-state index is -3.28. The average Bonchev–Trinajstić information content (AvgIpc) is 2.67. The first-order chi connectivity index (χ1) is 7.45. The number of rotatable bonds is 6. The Labute approximate surface area is 101 Å². The van der Waals surface area contributed by atoms with Crippen molar-refractivity contribution in [1.82, 2.24) is 4.72 Å². The van der Waals surface area contributed by atoms with E-state index in [1.54, 1.807) is 18.3 Å². The summed E-state index contributed by atoms with van der Waals surface area (Å²) in [5.41, 5.74) is 6.51. The van der Waals surface area contributed by atoms with Gasteiger partial charge in [-0.05, 0) is 42.7 Å². The van der Waals surface area contributed by atoms with E-state index < -0.39 is 15.3 Å². The number of nitrogens with one attached hydrogen (secondary N) is 1. The van der Waals surface area contributed by atoms with Crippen molar-refractivity contribution in [2.24, 2.45) is 5.73 Å². The molecule has 1 rings (SSSR count). The lowest BCUT2D eigenvalue weighted by atomic mass is 10.1. The van der Waals surface area contributed by atoms with Gasteiger partial charge in [0.2, 0.25) is 10.0 Å². The smallest absolute Gasteiger partial charge is 0.215 e. The van der Waals surface area contributed by atoms with Crippen molar-refractivity contribution in [3.05, 3.63) is 22.4 Å². The van der Waals surface area contributed by atoms with E-state index in [1.165, 1.54) is 0 Å². The van der Waals surface area contributed by atoms with Crippen molar-refractivity contribution in [3.63, 3.8) is 0 Å². The van der Waals surface area contributed by atoms with Crippen molar-refractivity contribution in [3.8, 4) is 0 Å². The summed E-state index contributed by atoms with van der Waals surface area (Å²) in [5.74, 6) is 0. The number of hydrogen-bond donors (Lipinski definition) is 2. The monoisotopic (exact) mass is 262 g/mol. The Hall–Kier alpha value is -0.430. The summed E-state index contributed by atoms with van der Waals surface area (Å²) in [6.07, 6.45) is 0.708. The average molecular weight is 262 g/mol. The Morgan fingerprint density at radius 1 is 1.50 bits per heavy atom. The molecule has 0 bridgehead atoms. The number of sulfonamides is 1. The summed E-state index contributed by atoms with van der Waals surface area (Å²) < 4.78 is 26.1. The van der Waals surface area contributed by atoms with Crippen LogP contribution in [0.1, 0.15) is 19.4 Å². The zero-order valence-corrected chi connectivity index (χ0v) is 11.1. The molecule has 0 radical (unpaired) electrons. The molecule has 16 heavy (non-hydrogen) atoms. The molecule has 1 aromatic heterocycles. The Bertz CT molecular complexity index is 400. The number of nitrogens with two attached hydrogens (primary N) is 1. The molecule has 0 aliphatic carbocycles. The molecule has 0 aliphatic rings. The number of thiophene rings is 1. The van der Waals surface area contributed by atoms with Gasteiger partial charge in [0.15, 0.2) is 0 Å². The van der Waals surface area contributed by atoms with E-state index in [9.17, 15) is 8.42 Å². The van der Waals surface area contributed by atoms with Crippen LogP contribution in [0.15, 0.2) is 16.8 Å². The van der Waals surface area contributed by atoms with Gasteiger partial charge in [0.25, 0.3) is 0 Å². The van der Waals surface area contributed by atoms with Gasteiger partial charge in [0.1, 0.15) is 0 Å². The summed E-state index contributed by atoms with van der Waals surface area (Å²) in [4.78, 5) is 0. The second kappa shape index (κ2) is 5.77. The first-order valence-electron chi connectivity index (χ1n) is 5.18. The van der Waals surface area contributed by atoms with Crippen LogP contribution < -0.4 is 10.5 Å². The van der Waals surface area contributed by atoms with Crippen LogP contribution in [0.25, 0.3) is 0 Å². The molecule has 1 heterocycles. The lowest BCUT2D eigenvalue weighted by Crippen LogP contribution is -2.42. The van der Waals surface area contributed by atoms with Crippen molar-refractivity contribution < 1.29 is 8.42 Å². The van der Waals surface area contributed by atoms with Gasteiger partial charge < -0.3 is 5.73 Å². The molecule has 0 fully saturated rings. The fourth-order valence-electron chi connectivity index (χ4n) is 1.33. The predicted octanol–water partition coefficient (Wildman–Crippen LogP) is 0.946. The zero-order chi connectivity index (χ0) is 12.2. The minimum absolute atomic E-state index is 0.103. The first-order valence-corrected chi connectivity index (χ1v) is 7.67. The van der Waals surface area contributed by atoms with E-state index in [1.807, 2.05) is 23.8 Å². The molecule has 6 heteroatoms. The summed E-state index contributed by atoms with van der Waals surface area (Å²) >= 11 is 1.61. The minimum Gasteiger partial charge on any atom is -0.329 e. The summed E-state index contributed by atoms with van der Waals surface area (Å²) in [7, 11) is -3.28. The maximum absolute atomic E-state index is 11.7. The van der Waals surface area contributed by atoms with E-state index >= 15 is 0 Å². The molecule has 0 aromatic carbocycles. The highest BCUT2D eigenvalue weighted by Crippen LogP contribution is 2.09. The Balaban J connectivity index is 2.54. The highest BCUT2D eigenvalue weighted by atomic mass is 32.2. The van der Waals surface area contributed by atoms with Crippen LogP contribution in [0, 0.1) is 0 Å². The molecule has 1 aromatic rings. The Kier molecular flexibility index (Phi) is 4.91. The molecule has 0 saturated carbocycles. The summed E-state index contributed by atoms with van der Waals surface area (Å²) in [6, 6.07) is 1.90. The fraction of sp³-hybridized carbons (Fsp3) is 0.600. The zero-order valence-electron chi connectivity index (χ0n) is 9.51. The third kappa shape index (κ3) is 3.86. The van der Waals surface area contributed by atoms with E-state index in [0.29, 0.717) is 6.42 Å². The molecule has 0 spiro atoms. The van der Waals surface area contributed by atoms with Gasteiger partial charge >= 0.3 is 0 Å². The van der Waals surface area contributed by atoms with Crippen molar-refractivity contribution in [1.29, 1.82) is 0 Å². The first kappa shape index (κ1) is 13.6. The maximum atomic E-state index is 11.7. The molecular formula is C10H18N2O2S2. The van der Waals surface area contributed by atoms with Crippen LogP contribution in [0.3, 0.4) is 0 Å². The van der Waals surface area contributed by atoms with Crippen LogP contribution in [-0.4, -0.2) is 26.3 Å². The lowest BCUT2D eigenvalue weighted by molar-refractivity contribution is 0.548. The summed E-state index contributed by atoms with van der Waals surface area (Å²) in [6.45, 7) is 3.61. The van der Waals surface area contributed by atoms with E-state index in [-0.39, 0.29) is 12.6 Å². The van der Waals surface area contributed by atoms with Gasteiger partial charge in [-0.1, -0.05) is 0 Å². The van der Waals surface area contributed by atoms with Gasteiger partial charge in [-0.3, -0.25) is 0 Å². The predicted molar refractivity (Wildman–Crippen MR) is 68.1 cm³/mol. The number of hydrogen-bond acceptors (Lipinski definition) is 4. The Morgan fingerprint density at radius 3 is 2.69 bits per heavy atom. The van der Waals surface area contributed by atoms with Crippen LogP contribution >= 0.6 is 11.3 Å². The normalized spacial score (nSPS) is 15.9. The second-order valence-corrected chi connectivity index (χ2v) is 6.86. The highest BCUT2D eigenvalue weighted by Gasteiger charge is 2.21. The van der Waals surface area contributed by atoms with Gasteiger partial charge in [-0.25, -0.2) is 13.1 Å². The molecule has 0 aliphatic heterocycles. The molecule has 4 nitrogen and oxygen atoms in total. The van der Waals surface area contributed by atoms with E-state index in [4.69, 9.17) is 5.73 Å². The van der Waals surface area contributed by atoms with E-state index in [2.05, 4.69) is 4.72 Å². The summed E-state index contributed by atoms with van der Waals surface area (Å²) in [5, 5.41) is 3.47. The second-order valence-electron chi connectivity index (χ2n) is 3.95. The van der Waals surface area contributed by atoms with Gasteiger partial charge in [-0.15, -0.1) is 0 Å².